The second-order valence-corrected chi connectivity index (χ2v) is 4.27. The second-order valence-electron chi connectivity index (χ2n) is 4.27. The largest absolute Gasteiger partial charge is 0.416 e. The van der Waals surface area contributed by atoms with Crippen molar-refractivity contribution in [2.75, 3.05) is 13.7 Å². The van der Waals surface area contributed by atoms with E-state index in [1.807, 2.05) is 0 Å². The summed E-state index contributed by atoms with van der Waals surface area (Å²) in [6.07, 6.45) is -3.35. The Hall–Kier alpha value is -1.14. The number of pyridine rings is 1. The van der Waals surface area contributed by atoms with Gasteiger partial charge in [-0.05, 0) is 18.4 Å². The molecule has 0 saturated carbocycles. The summed E-state index contributed by atoms with van der Waals surface area (Å²) in [5.74, 6) is -0.0358. The molecule has 0 aliphatic rings. The molecule has 0 amide bonds. The van der Waals surface area contributed by atoms with E-state index >= 15 is 0 Å². The molecule has 2 unspecified atom stereocenters. The molecule has 0 fully saturated rings. The van der Waals surface area contributed by atoms with E-state index in [-0.39, 0.29) is 17.9 Å². The highest BCUT2D eigenvalue weighted by Crippen LogP contribution is 2.35. The summed E-state index contributed by atoms with van der Waals surface area (Å²) in [7, 11) is 1.51. The van der Waals surface area contributed by atoms with E-state index in [1.54, 1.807) is 6.92 Å². The summed E-state index contributed by atoms with van der Waals surface area (Å²) in [6, 6.07) is 0.875. The number of alkyl halides is 3. The second kappa shape index (κ2) is 6.15. The van der Waals surface area contributed by atoms with E-state index in [1.165, 1.54) is 7.11 Å². The van der Waals surface area contributed by atoms with Gasteiger partial charge >= 0.3 is 6.18 Å². The lowest BCUT2D eigenvalue weighted by molar-refractivity contribution is -0.139. The number of ether oxygens (including phenoxy) is 1. The summed E-state index contributed by atoms with van der Waals surface area (Å²) in [5, 5.41) is 9.87. The number of rotatable bonds is 5. The van der Waals surface area contributed by atoms with Crippen molar-refractivity contribution >= 4 is 0 Å². The minimum atomic E-state index is -4.48. The van der Waals surface area contributed by atoms with Gasteiger partial charge in [0.2, 0.25) is 0 Å². The van der Waals surface area contributed by atoms with Crippen molar-refractivity contribution in [1.82, 2.24) is 4.98 Å². The first-order chi connectivity index (χ1) is 8.36. The summed E-state index contributed by atoms with van der Waals surface area (Å²) < 4.78 is 43.1. The van der Waals surface area contributed by atoms with Crippen LogP contribution in [0.5, 0.6) is 0 Å². The SMILES string of the molecule is COCC(C)CC(O)c1cnccc1C(F)(F)F. The molecule has 0 spiro atoms. The smallest absolute Gasteiger partial charge is 0.388 e. The Morgan fingerprint density at radius 3 is 2.67 bits per heavy atom. The maximum atomic E-state index is 12.7. The molecule has 6 heteroatoms. The van der Waals surface area contributed by atoms with Crippen LogP contribution in [0, 0.1) is 5.92 Å². The predicted octanol–water partition coefficient (Wildman–Crippen LogP) is 2.81. The van der Waals surface area contributed by atoms with Gasteiger partial charge in [0.15, 0.2) is 0 Å². The number of hydrogen-bond donors (Lipinski definition) is 1. The number of aromatic nitrogens is 1. The predicted molar refractivity (Wildman–Crippen MR) is 59.9 cm³/mol. The van der Waals surface area contributed by atoms with Crippen molar-refractivity contribution in [2.24, 2.45) is 5.92 Å². The van der Waals surface area contributed by atoms with Crippen molar-refractivity contribution in [1.29, 1.82) is 0 Å². The van der Waals surface area contributed by atoms with Gasteiger partial charge in [-0.2, -0.15) is 13.2 Å². The number of aliphatic hydroxyl groups is 1. The van der Waals surface area contributed by atoms with Crippen LogP contribution in [0.3, 0.4) is 0 Å². The van der Waals surface area contributed by atoms with E-state index in [2.05, 4.69) is 4.98 Å². The average Bonchev–Trinajstić information content (AvgIpc) is 2.28. The summed E-state index contributed by atoms with van der Waals surface area (Å²) >= 11 is 0. The van der Waals surface area contributed by atoms with E-state index in [0.29, 0.717) is 6.61 Å². The molecular weight excluding hydrogens is 247 g/mol. The Kier molecular flexibility index (Phi) is 5.10. The maximum Gasteiger partial charge on any atom is 0.416 e. The highest BCUT2D eigenvalue weighted by molar-refractivity contribution is 5.28. The first kappa shape index (κ1) is 14.9. The van der Waals surface area contributed by atoms with Crippen LogP contribution >= 0.6 is 0 Å². The van der Waals surface area contributed by atoms with Crippen LogP contribution in [-0.4, -0.2) is 23.8 Å². The molecule has 18 heavy (non-hydrogen) atoms. The highest BCUT2D eigenvalue weighted by Gasteiger charge is 2.35. The van der Waals surface area contributed by atoms with Gasteiger partial charge in [-0.3, -0.25) is 4.98 Å². The fourth-order valence-electron chi connectivity index (χ4n) is 1.79. The molecule has 0 aliphatic carbocycles. The van der Waals surface area contributed by atoms with Crippen LogP contribution in [0.4, 0.5) is 13.2 Å². The summed E-state index contributed by atoms with van der Waals surface area (Å²) in [6.45, 7) is 2.19. The number of hydrogen-bond acceptors (Lipinski definition) is 3. The van der Waals surface area contributed by atoms with Gasteiger partial charge in [0, 0.05) is 31.7 Å². The zero-order valence-corrected chi connectivity index (χ0v) is 10.2. The average molecular weight is 263 g/mol. The van der Waals surface area contributed by atoms with Crippen LogP contribution in [0.25, 0.3) is 0 Å². The maximum absolute atomic E-state index is 12.7. The molecule has 3 nitrogen and oxygen atoms in total. The van der Waals surface area contributed by atoms with E-state index < -0.39 is 17.8 Å². The Bertz CT molecular complexity index is 382. The third kappa shape index (κ3) is 3.96. The fourth-order valence-corrected chi connectivity index (χ4v) is 1.79. The Morgan fingerprint density at radius 2 is 2.11 bits per heavy atom. The fraction of sp³-hybridized carbons (Fsp3) is 0.583. The third-order valence-corrected chi connectivity index (χ3v) is 2.59. The minimum Gasteiger partial charge on any atom is -0.388 e. The molecule has 0 saturated heterocycles. The topological polar surface area (TPSA) is 42.4 Å². The number of nitrogens with zero attached hydrogens (tertiary/aromatic N) is 1. The standard InChI is InChI=1S/C12H16F3NO2/c1-8(7-18-2)5-11(17)9-6-16-4-3-10(9)12(13,14)15/h3-4,6,8,11,17H,5,7H2,1-2H3. The third-order valence-electron chi connectivity index (χ3n) is 2.59. The minimum absolute atomic E-state index is 0.0358. The molecule has 0 aromatic carbocycles. The lowest BCUT2D eigenvalue weighted by atomic mass is 9.96. The lowest BCUT2D eigenvalue weighted by Crippen LogP contribution is -2.15. The van der Waals surface area contributed by atoms with Crippen molar-refractivity contribution < 1.29 is 23.0 Å². The first-order valence-corrected chi connectivity index (χ1v) is 5.54. The van der Waals surface area contributed by atoms with Crippen LogP contribution in [0.15, 0.2) is 18.5 Å². The molecular formula is C12H16F3NO2. The van der Waals surface area contributed by atoms with E-state index in [9.17, 15) is 18.3 Å². The molecule has 1 aromatic rings. The van der Waals surface area contributed by atoms with Crippen molar-refractivity contribution in [2.45, 2.75) is 25.6 Å². The first-order valence-electron chi connectivity index (χ1n) is 5.54. The van der Waals surface area contributed by atoms with Gasteiger partial charge in [0.25, 0.3) is 0 Å². The molecule has 102 valence electrons. The molecule has 2 atom stereocenters. The van der Waals surface area contributed by atoms with Gasteiger partial charge in [-0.15, -0.1) is 0 Å². The quantitative estimate of drug-likeness (QED) is 0.888. The molecule has 0 radical (unpaired) electrons. The monoisotopic (exact) mass is 263 g/mol. The molecule has 1 rings (SSSR count). The zero-order valence-electron chi connectivity index (χ0n) is 10.2. The van der Waals surface area contributed by atoms with Gasteiger partial charge < -0.3 is 9.84 Å². The van der Waals surface area contributed by atoms with Gasteiger partial charge in [-0.1, -0.05) is 6.92 Å². The van der Waals surface area contributed by atoms with Gasteiger partial charge in [-0.25, -0.2) is 0 Å². The number of halogens is 3. The van der Waals surface area contributed by atoms with Crippen LogP contribution in [0.2, 0.25) is 0 Å². The Balaban J connectivity index is 2.89. The van der Waals surface area contributed by atoms with Crippen molar-refractivity contribution in [3.8, 4) is 0 Å². The number of aliphatic hydroxyl groups excluding tert-OH is 1. The van der Waals surface area contributed by atoms with E-state index in [0.717, 1.165) is 18.5 Å². The van der Waals surface area contributed by atoms with Crippen molar-refractivity contribution in [3.63, 3.8) is 0 Å². The molecule has 1 N–H and O–H groups in total. The summed E-state index contributed by atoms with van der Waals surface area (Å²) in [5.41, 5.74) is -1.03. The number of methoxy groups -OCH3 is 1. The van der Waals surface area contributed by atoms with E-state index in [4.69, 9.17) is 4.74 Å². The van der Waals surface area contributed by atoms with Gasteiger partial charge in [0.1, 0.15) is 0 Å². The van der Waals surface area contributed by atoms with Crippen LogP contribution < -0.4 is 0 Å². The molecule has 1 heterocycles. The zero-order chi connectivity index (χ0) is 13.8. The highest BCUT2D eigenvalue weighted by atomic mass is 19.4. The lowest BCUT2D eigenvalue weighted by Gasteiger charge is -2.19. The van der Waals surface area contributed by atoms with Crippen LogP contribution in [-0.2, 0) is 10.9 Å². The van der Waals surface area contributed by atoms with Gasteiger partial charge in [0.05, 0.1) is 11.7 Å². The normalized spacial score (nSPS) is 15.4. The molecule has 1 aromatic heterocycles. The molecule has 0 bridgehead atoms. The van der Waals surface area contributed by atoms with Crippen LogP contribution in [0.1, 0.15) is 30.6 Å². The Morgan fingerprint density at radius 1 is 1.44 bits per heavy atom. The summed E-state index contributed by atoms with van der Waals surface area (Å²) in [4.78, 5) is 3.64. The Labute approximate surface area is 104 Å². The van der Waals surface area contributed by atoms with Crippen molar-refractivity contribution in [3.05, 3.63) is 29.6 Å². The molecule has 0 aliphatic heterocycles.